The summed E-state index contributed by atoms with van der Waals surface area (Å²) in [7, 11) is 1.58. The molecule has 0 spiro atoms. The van der Waals surface area contributed by atoms with Gasteiger partial charge in [-0.3, -0.25) is 14.5 Å². The molecule has 2 N–H and O–H groups in total. The molecule has 0 aliphatic carbocycles. The summed E-state index contributed by atoms with van der Waals surface area (Å²) < 4.78 is 0. The molecule has 1 amide bonds. The number of carboxylic acid groups (broad SMARTS) is 1. The van der Waals surface area contributed by atoms with Crippen LogP contribution in [0.5, 0.6) is 0 Å². The molecule has 88 valence electrons. The van der Waals surface area contributed by atoms with E-state index in [1.165, 1.54) is 0 Å². The molecule has 15 heavy (non-hydrogen) atoms. The monoisotopic (exact) mass is 216 g/mol. The molecule has 0 rings (SSSR count). The third kappa shape index (κ3) is 6.06. The van der Waals surface area contributed by atoms with E-state index in [1.54, 1.807) is 7.05 Å². The minimum atomic E-state index is -0.833. The van der Waals surface area contributed by atoms with Crippen molar-refractivity contribution in [2.24, 2.45) is 0 Å². The lowest BCUT2D eigenvalue weighted by atomic mass is 10.2. The van der Waals surface area contributed by atoms with Crippen LogP contribution in [0.2, 0.25) is 0 Å². The van der Waals surface area contributed by atoms with Crippen molar-refractivity contribution in [3.8, 4) is 0 Å². The van der Waals surface area contributed by atoms with Gasteiger partial charge in [0.2, 0.25) is 5.91 Å². The average Bonchev–Trinajstić information content (AvgIpc) is 2.22. The van der Waals surface area contributed by atoms with Crippen LogP contribution in [0.1, 0.15) is 26.7 Å². The summed E-state index contributed by atoms with van der Waals surface area (Å²) in [6.07, 6.45) is 0.970. The van der Waals surface area contributed by atoms with Crippen molar-refractivity contribution in [1.82, 2.24) is 10.2 Å². The molecule has 0 heterocycles. The zero-order valence-electron chi connectivity index (χ0n) is 9.62. The maximum Gasteiger partial charge on any atom is 0.304 e. The Hall–Kier alpha value is -1.10. The number of carbonyl (C=O) groups excluding carboxylic acids is 1. The van der Waals surface area contributed by atoms with Crippen LogP contribution in [0.3, 0.4) is 0 Å². The first-order chi connectivity index (χ1) is 7.01. The summed E-state index contributed by atoms with van der Waals surface area (Å²) in [5.41, 5.74) is 0. The largest absolute Gasteiger partial charge is 0.481 e. The average molecular weight is 216 g/mol. The number of carboxylic acids is 1. The fraction of sp³-hybridized carbons (Fsp3) is 0.800. The fourth-order valence-electron chi connectivity index (χ4n) is 1.22. The standard InChI is InChI=1S/C10H20N2O3/c1-4-8(2)12(6-5-10(14)15)7-9(13)11-3/h8H,4-7H2,1-3H3,(H,11,13)(H,14,15). The Morgan fingerprint density at radius 3 is 2.47 bits per heavy atom. The van der Waals surface area contributed by atoms with Crippen molar-refractivity contribution < 1.29 is 14.7 Å². The van der Waals surface area contributed by atoms with Gasteiger partial charge in [0.25, 0.3) is 0 Å². The molecule has 0 saturated carbocycles. The molecule has 0 aromatic heterocycles. The van der Waals surface area contributed by atoms with Gasteiger partial charge in [0.05, 0.1) is 13.0 Å². The van der Waals surface area contributed by atoms with Gasteiger partial charge in [-0.2, -0.15) is 0 Å². The first-order valence-electron chi connectivity index (χ1n) is 5.17. The van der Waals surface area contributed by atoms with E-state index in [0.717, 1.165) is 6.42 Å². The molecule has 1 unspecified atom stereocenters. The Kier molecular flexibility index (Phi) is 6.70. The second-order valence-corrected chi connectivity index (χ2v) is 3.54. The van der Waals surface area contributed by atoms with E-state index >= 15 is 0 Å². The Labute approximate surface area is 90.5 Å². The highest BCUT2D eigenvalue weighted by Crippen LogP contribution is 2.03. The predicted octanol–water partition coefficient (Wildman–Crippen LogP) is 0.308. The van der Waals surface area contributed by atoms with E-state index < -0.39 is 5.97 Å². The van der Waals surface area contributed by atoms with E-state index in [9.17, 15) is 9.59 Å². The molecule has 5 heteroatoms. The smallest absolute Gasteiger partial charge is 0.304 e. The number of aliphatic carboxylic acids is 1. The topological polar surface area (TPSA) is 69.6 Å². The van der Waals surface area contributed by atoms with Crippen LogP contribution in [-0.2, 0) is 9.59 Å². The lowest BCUT2D eigenvalue weighted by Crippen LogP contribution is -2.41. The van der Waals surface area contributed by atoms with Crippen LogP contribution in [0, 0.1) is 0 Å². The Balaban J connectivity index is 4.17. The number of likely N-dealkylation sites (N-methyl/N-ethyl adjacent to an activating group) is 1. The zero-order valence-corrected chi connectivity index (χ0v) is 9.62. The maximum atomic E-state index is 11.2. The van der Waals surface area contributed by atoms with Gasteiger partial charge < -0.3 is 10.4 Å². The molecule has 0 saturated heterocycles. The van der Waals surface area contributed by atoms with E-state index in [-0.39, 0.29) is 24.9 Å². The second kappa shape index (κ2) is 7.23. The molecule has 0 aromatic rings. The lowest BCUT2D eigenvalue weighted by Gasteiger charge is -2.26. The van der Waals surface area contributed by atoms with Crippen molar-refractivity contribution >= 4 is 11.9 Å². The predicted molar refractivity (Wildman–Crippen MR) is 57.6 cm³/mol. The molecule has 0 aliphatic heterocycles. The van der Waals surface area contributed by atoms with E-state index in [1.807, 2.05) is 18.7 Å². The van der Waals surface area contributed by atoms with Crippen LogP contribution in [-0.4, -0.2) is 48.1 Å². The summed E-state index contributed by atoms with van der Waals surface area (Å²) in [5.74, 6) is -0.916. The molecule has 0 fully saturated rings. The van der Waals surface area contributed by atoms with Crippen LogP contribution in [0.25, 0.3) is 0 Å². The van der Waals surface area contributed by atoms with Crippen molar-refractivity contribution in [2.75, 3.05) is 20.1 Å². The van der Waals surface area contributed by atoms with Gasteiger partial charge in [-0.15, -0.1) is 0 Å². The van der Waals surface area contributed by atoms with Crippen LogP contribution >= 0.6 is 0 Å². The number of rotatable bonds is 7. The minimum absolute atomic E-state index is 0.0708. The molecule has 0 aliphatic rings. The Morgan fingerprint density at radius 2 is 2.07 bits per heavy atom. The normalized spacial score (nSPS) is 12.5. The Morgan fingerprint density at radius 1 is 1.47 bits per heavy atom. The summed E-state index contributed by atoms with van der Waals surface area (Å²) in [6, 6.07) is 0.224. The van der Waals surface area contributed by atoms with Crippen molar-refractivity contribution in [3.05, 3.63) is 0 Å². The SMILES string of the molecule is CCC(C)N(CCC(=O)O)CC(=O)NC. The number of amides is 1. The van der Waals surface area contributed by atoms with Gasteiger partial charge in [-0.25, -0.2) is 0 Å². The third-order valence-electron chi connectivity index (χ3n) is 2.45. The second-order valence-electron chi connectivity index (χ2n) is 3.54. The molecule has 5 nitrogen and oxygen atoms in total. The van der Waals surface area contributed by atoms with Crippen LogP contribution in [0.15, 0.2) is 0 Å². The van der Waals surface area contributed by atoms with Crippen molar-refractivity contribution in [2.45, 2.75) is 32.7 Å². The fourth-order valence-corrected chi connectivity index (χ4v) is 1.22. The van der Waals surface area contributed by atoms with Gasteiger partial charge in [-0.05, 0) is 13.3 Å². The van der Waals surface area contributed by atoms with E-state index in [2.05, 4.69) is 5.32 Å². The van der Waals surface area contributed by atoms with Crippen LogP contribution < -0.4 is 5.32 Å². The van der Waals surface area contributed by atoms with E-state index in [0.29, 0.717) is 6.54 Å². The zero-order chi connectivity index (χ0) is 11.8. The first kappa shape index (κ1) is 13.9. The molecule has 0 bridgehead atoms. The summed E-state index contributed by atoms with van der Waals surface area (Å²) in [5, 5.41) is 11.1. The van der Waals surface area contributed by atoms with Gasteiger partial charge in [0.15, 0.2) is 0 Å². The van der Waals surface area contributed by atoms with E-state index in [4.69, 9.17) is 5.11 Å². The molecule has 0 radical (unpaired) electrons. The lowest BCUT2D eigenvalue weighted by molar-refractivity contribution is -0.138. The highest BCUT2D eigenvalue weighted by molar-refractivity contribution is 5.77. The summed E-state index contributed by atoms with van der Waals surface area (Å²) >= 11 is 0. The summed E-state index contributed by atoms with van der Waals surface area (Å²) in [4.78, 5) is 23.5. The molecular formula is C10H20N2O3. The molecule has 0 aromatic carbocycles. The first-order valence-corrected chi connectivity index (χ1v) is 5.17. The highest BCUT2D eigenvalue weighted by Gasteiger charge is 2.16. The maximum absolute atomic E-state index is 11.2. The molecule has 1 atom stereocenters. The van der Waals surface area contributed by atoms with Gasteiger partial charge in [0, 0.05) is 19.6 Å². The van der Waals surface area contributed by atoms with Gasteiger partial charge in [0.1, 0.15) is 0 Å². The number of nitrogens with zero attached hydrogens (tertiary/aromatic N) is 1. The third-order valence-corrected chi connectivity index (χ3v) is 2.45. The number of hydrogen-bond donors (Lipinski definition) is 2. The van der Waals surface area contributed by atoms with Crippen LogP contribution in [0.4, 0.5) is 0 Å². The van der Waals surface area contributed by atoms with Crippen molar-refractivity contribution in [1.29, 1.82) is 0 Å². The number of hydrogen-bond acceptors (Lipinski definition) is 3. The van der Waals surface area contributed by atoms with Gasteiger partial charge >= 0.3 is 5.97 Å². The van der Waals surface area contributed by atoms with Crippen molar-refractivity contribution in [3.63, 3.8) is 0 Å². The number of nitrogens with one attached hydrogen (secondary N) is 1. The van der Waals surface area contributed by atoms with Gasteiger partial charge in [-0.1, -0.05) is 6.92 Å². The minimum Gasteiger partial charge on any atom is -0.481 e. The quantitative estimate of drug-likeness (QED) is 0.642. The highest BCUT2D eigenvalue weighted by atomic mass is 16.4. The number of carbonyl (C=O) groups is 2. The molecular weight excluding hydrogens is 196 g/mol. The summed E-state index contributed by atoms with van der Waals surface area (Å²) in [6.45, 7) is 4.68. The Bertz CT molecular complexity index is 219.